The fraction of sp³-hybridized carbons (Fsp3) is 0.562. The maximum atomic E-state index is 12.3. The van der Waals surface area contributed by atoms with Crippen LogP contribution in [0.2, 0.25) is 0 Å². The lowest BCUT2D eigenvalue weighted by atomic mass is 9.81. The largest absolute Gasteiger partial charge is 0.392 e. The average Bonchev–Trinajstić information content (AvgIpc) is 2.35. The molecule has 0 spiro atoms. The Morgan fingerprint density at radius 1 is 1.37 bits per heavy atom. The molecule has 0 aromatic heterocycles. The normalized spacial score (nSPS) is 22.3. The van der Waals surface area contributed by atoms with Crippen molar-refractivity contribution in [2.75, 3.05) is 13.1 Å². The summed E-state index contributed by atoms with van der Waals surface area (Å²) < 4.78 is 0. The molecular formula is C16H23NO2. The van der Waals surface area contributed by atoms with Gasteiger partial charge in [0.25, 0.3) is 0 Å². The topological polar surface area (TPSA) is 40.5 Å². The number of likely N-dealkylation sites (tertiary alicyclic amines) is 1. The summed E-state index contributed by atoms with van der Waals surface area (Å²) in [5, 5.41) is 9.92. The van der Waals surface area contributed by atoms with E-state index in [-0.39, 0.29) is 17.4 Å². The molecule has 0 bridgehead atoms. The van der Waals surface area contributed by atoms with E-state index in [2.05, 4.69) is 0 Å². The van der Waals surface area contributed by atoms with Crippen LogP contribution < -0.4 is 0 Å². The number of nitrogens with zero attached hydrogens (tertiary/aromatic N) is 1. The van der Waals surface area contributed by atoms with E-state index in [1.807, 2.05) is 49.9 Å². The Hall–Kier alpha value is -1.35. The molecule has 1 aromatic carbocycles. The molecule has 1 aliphatic rings. The van der Waals surface area contributed by atoms with Gasteiger partial charge in [0, 0.05) is 18.5 Å². The standard InChI is InChI=1S/C16H23NO2/c1-12-4-6-13(7-5-12)10-15(19)17-9-8-14(18)16(2,3)11-17/h4-7,14,18H,8-11H2,1-3H3. The maximum absolute atomic E-state index is 12.3. The number of aliphatic hydroxyl groups excluding tert-OH is 1. The first-order valence-electron chi connectivity index (χ1n) is 6.90. The van der Waals surface area contributed by atoms with E-state index in [1.54, 1.807) is 0 Å². The molecule has 3 heteroatoms. The van der Waals surface area contributed by atoms with Gasteiger partial charge >= 0.3 is 0 Å². The summed E-state index contributed by atoms with van der Waals surface area (Å²) in [5.41, 5.74) is 2.05. The van der Waals surface area contributed by atoms with Gasteiger partial charge in [-0.05, 0) is 18.9 Å². The highest BCUT2D eigenvalue weighted by Crippen LogP contribution is 2.29. The smallest absolute Gasteiger partial charge is 0.227 e. The highest BCUT2D eigenvalue weighted by Gasteiger charge is 2.36. The molecule has 0 aliphatic carbocycles. The molecule has 0 radical (unpaired) electrons. The zero-order valence-corrected chi connectivity index (χ0v) is 12.0. The van der Waals surface area contributed by atoms with Crippen molar-refractivity contribution in [2.24, 2.45) is 5.41 Å². The van der Waals surface area contributed by atoms with E-state index in [1.165, 1.54) is 5.56 Å². The monoisotopic (exact) mass is 261 g/mol. The molecule has 1 aromatic rings. The van der Waals surface area contributed by atoms with Crippen LogP contribution in [0, 0.1) is 12.3 Å². The SMILES string of the molecule is Cc1ccc(CC(=O)N2CCC(O)C(C)(C)C2)cc1. The van der Waals surface area contributed by atoms with Crippen LogP contribution >= 0.6 is 0 Å². The first kappa shape index (κ1) is 14.1. The predicted molar refractivity (Wildman–Crippen MR) is 75.9 cm³/mol. The average molecular weight is 261 g/mol. The van der Waals surface area contributed by atoms with E-state index in [0.717, 1.165) is 5.56 Å². The predicted octanol–water partition coefficient (Wildman–Crippen LogP) is 2.16. The molecule has 1 atom stereocenters. The van der Waals surface area contributed by atoms with Crippen LogP contribution in [-0.2, 0) is 11.2 Å². The quantitative estimate of drug-likeness (QED) is 0.886. The van der Waals surface area contributed by atoms with Crippen molar-refractivity contribution >= 4 is 5.91 Å². The number of hydrogen-bond acceptors (Lipinski definition) is 2. The molecule has 104 valence electrons. The highest BCUT2D eigenvalue weighted by molar-refractivity contribution is 5.79. The van der Waals surface area contributed by atoms with Gasteiger partial charge in [-0.3, -0.25) is 4.79 Å². The van der Waals surface area contributed by atoms with Gasteiger partial charge in [-0.15, -0.1) is 0 Å². The summed E-state index contributed by atoms with van der Waals surface area (Å²) in [6, 6.07) is 8.09. The number of aryl methyl sites for hydroxylation is 1. The lowest BCUT2D eigenvalue weighted by Gasteiger charge is -2.41. The van der Waals surface area contributed by atoms with Gasteiger partial charge in [0.2, 0.25) is 5.91 Å². The van der Waals surface area contributed by atoms with Crippen molar-refractivity contribution in [3.8, 4) is 0 Å². The van der Waals surface area contributed by atoms with Gasteiger partial charge in [-0.1, -0.05) is 43.7 Å². The highest BCUT2D eigenvalue weighted by atomic mass is 16.3. The minimum absolute atomic E-state index is 0.156. The minimum Gasteiger partial charge on any atom is -0.392 e. The first-order valence-corrected chi connectivity index (χ1v) is 6.90. The van der Waals surface area contributed by atoms with Gasteiger partial charge < -0.3 is 10.0 Å². The molecule has 1 aliphatic heterocycles. The molecule has 1 amide bonds. The summed E-state index contributed by atoms with van der Waals surface area (Å²) >= 11 is 0. The molecule has 1 fully saturated rings. The van der Waals surface area contributed by atoms with E-state index in [0.29, 0.717) is 25.9 Å². The molecule has 1 saturated heterocycles. The number of aliphatic hydroxyl groups is 1. The van der Waals surface area contributed by atoms with Gasteiger partial charge in [0.05, 0.1) is 12.5 Å². The number of hydrogen-bond donors (Lipinski definition) is 1. The summed E-state index contributed by atoms with van der Waals surface area (Å²) in [7, 11) is 0. The fourth-order valence-corrected chi connectivity index (χ4v) is 2.55. The number of carbonyl (C=O) groups is 1. The van der Waals surface area contributed by atoms with Crippen LogP contribution in [0.15, 0.2) is 24.3 Å². The van der Waals surface area contributed by atoms with Crippen LogP contribution in [0.25, 0.3) is 0 Å². The lowest BCUT2D eigenvalue weighted by molar-refractivity contribution is -0.137. The number of amides is 1. The molecule has 0 saturated carbocycles. The third kappa shape index (κ3) is 3.35. The van der Waals surface area contributed by atoms with Gasteiger partial charge in [-0.25, -0.2) is 0 Å². The molecule has 1 unspecified atom stereocenters. The van der Waals surface area contributed by atoms with Crippen molar-refractivity contribution in [2.45, 2.75) is 39.7 Å². The third-order valence-corrected chi connectivity index (χ3v) is 4.00. The Morgan fingerprint density at radius 3 is 2.58 bits per heavy atom. The Morgan fingerprint density at radius 2 is 2.00 bits per heavy atom. The van der Waals surface area contributed by atoms with Gasteiger partial charge in [0.15, 0.2) is 0 Å². The Balaban J connectivity index is 1.99. The van der Waals surface area contributed by atoms with Crippen LogP contribution in [0.5, 0.6) is 0 Å². The van der Waals surface area contributed by atoms with Crippen molar-refractivity contribution in [3.05, 3.63) is 35.4 Å². The van der Waals surface area contributed by atoms with E-state index in [4.69, 9.17) is 0 Å². The van der Waals surface area contributed by atoms with Crippen LogP contribution in [0.1, 0.15) is 31.4 Å². The van der Waals surface area contributed by atoms with E-state index in [9.17, 15) is 9.90 Å². The fourth-order valence-electron chi connectivity index (χ4n) is 2.55. The van der Waals surface area contributed by atoms with Crippen molar-refractivity contribution in [3.63, 3.8) is 0 Å². The summed E-state index contributed by atoms with van der Waals surface area (Å²) in [6.07, 6.45) is 0.815. The molecular weight excluding hydrogens is 238 g/mol. The summed E-state index contributed by atoms with van der Waals surface area (Å²) in [6.45, 7) is 7.38. The van der Waals surface area contributed by atoms with E-state index >= 15 is 0 Å². The summed E-state index contributed by atoms with van der Waals surface area (Å²) in [5.74, 6) is 0.156. The third-order valence-electron chi connectivity index (χ3n) is 4.00. The minimum atomic E-state index is -0.309. The first-order chi connectivity index (χ1) is 8.88. The second-order valence-corrected chi connectivity index (χ2v) is 6.27. The zero-order valence-electron chi connectivity index (χ0n) is 12.0. The molecule has 3 nitrogen and oxygen atoms in total. The van der Waals surface area contributed by atoms with Gasteiger partial charge in [0.1, 0.15) is 0 Å². The maximum Gasteiger partial charge on any atom is 0.227 e. The Bertz CT molecular complexity index is 450. The van der Waals surface area contributed by atoms with Crippen LogP contribution in [0.4, 0.5) is 0 Å². The van der Waals surface area contributed by atoms with Crippen molar-refractivity contribution in [1.29, 1.82) is 0 Å². The molecule has 2 rings (SSSR count). The lowest BCUT2D eigenvalue weighted by Crippen LogP contribution is -2.51. The number of rotatable bonds is 2. The number of piperidine rings is 1. The van der Waals surface area contributed by atoms with Crippen LogP contribution in [-0.4, -0.2) is 35.1 Å². The number of carbonyl (C=O) groups excluding carboxylic acids is 1. The Kier molecular flexibility index (Phi) is 3.95. The zero-order chi connectivity index (χ0) is 14.0. The second kappa shape index (κ2) is 5.33. The summed E-state index contributed by atoms with van der Waals surface area (Å²) in [4.78, 5) is 14.2. The van der Waals surface area contributed by atoms with Crippen molar-refractivity contribution < 1.29 is 9.90 Å². The molecule has 19 heavy (non-hydrogen) atoms. The van der Waals surface area contributed by atoms with Crippen LogP contribution in [0.3, 0.4) is 0 Å². The van der Waals surface area contributed by atoms with Crippen molar-refractivity contribution in [1.82, 2.24) is 4.90 Å². The number of benzene rings is 1. The second-order valence-electron chi connectivity index (χ2n) is 6.27. The Labute approximate surface area is 115 Å². The molecule has 1 N–H and O–H groups in total. The van der Waals surface area contributed by atoms with E-state index < -0.39 is 0 Å². The van der Waals surface area contributed by atoms with Gasteiger partial charge in [-0.2, -0.15) is 0 Å². The molecule has 1 heterocycles.